The summed E-state index contributed by atoms with van der Waals surface area (Å²) in [5.41, 5.74) is 5.63. The van der Waals surface area contributed by atoms with E-state index in [9.17, 15) is 25.3 Å². The van der Waals surface area contributed by atoms with Crippen LogP contribution in [0.5, 0.6) is 5.75 Å². The Kier molecular flexibility index (Phi) is 3.96. The molecule has 0 aromatic heterocycles. The number of hydrazone groups is 1. The van der Waals surface area contributed by atoms with Gasteiger partial charge in [0.05, 0.1) is 21.6 Å². The molecule has 0 bridgehead atoms. The number of nitrogens with one attached hydrogen (secondary N) is 1. The maximum absolute atomic E-state index is 11.3. The van der Waals surface area contributed by atoms with Crippen LogP contribution in [0, 0.1) is 20.2 Å². The van der Waals surface area contributed by atoms with E-state index >= 15 is 0 Å². The fourth-order valence-corrected chi connectivity index (χ4v) is 3.15. The van der Waals surface area contributed by atoms with E-state index in [2.05, 4.69) is 10.5 Å². The van der Waals surface area contributed by atoms with Gasteiger partial charge in [-0.15, -0.1) is 0 Å². The highest BCUT2D eigenvalue weighted by Gasteiger charge is 2.26. The number of anilines is 1. The minimum absolute atomic E-state index is 0.0224. The Morgan fingerprint density at radius 1 is 0.821 bits per heavy atom. The van der Waals surface area contributed by atoms with Crippen molar-refractivity contribution < 1.29 is 15.0 Å². The summed E-state index contributed by atoms with van der Waals surface area (Å²) in [4.78, 5) is 20.8. The lowest BCUT2D eigenvalue weighted by atomic mass is 10.1. The molecule has 9 nitrogen and oxygen atoms in total. The highest BCUT2D eigenvalue weighted by atomic mass is 16.6. The Morgan fingerprint density at radius 2 is 1.54 bits per heavy atom. The Hall–Kier alpha value is -4.27. The third kappa shape index (κ3) is 2.80. The minimum Gasteiger partial charge on any atom is -0.508 e. The number of hydrogen-bond acceptors (Lipinski definition) is 7. The third-order valence-corrected chi connectivity index (χ3v) is 4.41. The second-order valence-electron chi connectivity index (χ2n) is 6.06. The van der Waals surface area contributed by atoms with Crippen LogP contribution < -0.4 is 5.43 Å². The Bertz CT molecular complexity index is 1170. The van der Waals surface area contributed by atoms with Gasteiger partial charge in [0, 0.05) is 17.2 Å². The molecule has 1 aliphatic carbocycles. The van der Waals surface area contributed by atoms with Crippen LogP contribution in [0.1, 0.15) is 11.1 Å². The third-order valence-electron chi connectivity index (χ3n) is 4.41. The summed E-state index contributed by atoms with van der Waals surface area (Å²) in [5.74, 6) is 0.0700. The smallest absolute Gasteiger partial charge is 0.301 e. The van der Waals surface area contributed by atoms with Crippen molar-refractivity contribution in [3.8, 4) is 16.9 Å². The van der Waals surface area contributed by atoms with Crippen molar-refractivity contribution in [2.45, 2.75) is 0 Å². The molecule has 3 aromatic rings. The summed E-state index contributed by atoms with van der Waals surface area (Å²) in [6.07, 6.45) is 0. The Labute approximate surface area is 157 Å². The summed E-state index contributed by atoms with van der Waals surface area (Å²) < 4.78 is 0. The maximum Gasteiger partial charge on any atom is 0.301 e. The number of non-ortho nitro benzene ring substituents is 1. The highest BCUT2D eigenvalue weighted by Crippen LogP contribution is 2.38. The van der Waals surface area contributed by atoms with Gasteiger partial charge in [0.25, 0.3) is 5.69 Å². The summed E-state index contributed by atoms with van der Waals surface area (Å²) in [7, 11) is 0. The van der Waals surface area contributed by atoms with Gasteiger partial charge in [-0.1, -0.05) is 30.3 Å². The molecule has 3 aromatic carbocycles. The lowest BCUT2D eigenvalue weighted by molar-refractivity contribution is -0.393. The van der Waals surface area contributed by atoms with E-state index in [1.165, 1.54) is 6.07 Å². The zero-order chi connectivity index (χ0) is 19.8. The molecule has 0 unspecified atom stereocenters. The number of aromatic hydroxyl groups is 1. The van der Waals surface area contributed by atoms with Crippen LogP contribution in [0.3, 0.4) is 0 Å². The number of fused-ring (bicyclic) bond motifs is 3. The first kappa shape index (κ1) is 17.2. The Morgan fingerprint density at radius 3 is 2.25 bits per heavy atom. The van der Waals surface area contributed by atoms with Crippen molar-refractivity contribution in [2.24, 2.45) is 5.10 Å². The molecule has 0 atom stereocenters. The largest absolute Gasteiger partial charge is 0.508 e. The van der Waals surface area contributed by atoms with Crippen LogP contribution >= 0.6 is 0 Å². The van der Waals surface area contributed by atoms with Crippen molar-refractivity contribution >= 4 is 22.8 Å². The molecule has 0 radical (unpaired) electrons. The fourth-order valence-electron chi connectivity index (χ4n) is 3.15. The number of rotatable bonds is 4. The zero-order valence-corrected chi connectivity index (χ0v) is 14.2. The van der Waals surface area contributed by atoms with Crippen LogP contribution in [0.4, 0.5) is 17.1 Å². The van der Waals surface area contributed by atoms with Gasteiger partial charge in [-0.05, 0) is 29.3 Å². The van der Waals surface area contributed by atoms with E-state index in [4.69, 9.17) is 0 Å². The lowest BCUT2D eigenvalue weighted by Crippen LogP contribution is -2.04. The molecule has 138 valence electrons. The normalized spacial score (nSPS) is 13.1. The van der Waals surface area contributed by atoms with Gasteiger partial charge in [0.1, 0.15) is 11.4 Å². The van der Waals surface area contributed by atoms with Gasteiger partial charge in [-0.3, -0.25) is 25.7 Å². The second kappa shape index (κ2) is 6.47. The van der Waals surface area contributed by atoms with Crippen molar-refractivity contribution in [1.29, 1.82) is 0 Å². The topological polar surface area (TPSA) is 131 Å². The summed E-state index contributed by atoms with van der Waals surface area (Å²) >= 11 is 0. The molecule has 0 aliphatic heterocycles. The monoisotopic (exact) mass is 376 g/mol. The number of benzene rings is 3. The van der Waals surface area contributed by atoms with Gasteiger partial charge < -0.3 is 5.11 Å². The molecule has 0 saturated carbocycles. The van der Waals surface area contributed by atoms with Crippen molar-refractivity contribution in [1.82, 2.24) is 0 Å². The fraction of sp³-hybridized carbons (Fsp3) is 0. The van der Waals surface area contributed by atoms with Gasteiger partial charge in [-0.2, -0.15) is 5.10 Å². The number of hydrogen-bond donors (Lipinski definition) is 2. The molecular formula is C19H12N4O5. The van der Waals surface area contributed by atoms with E-state index in [0.717, 1.165) is 28.8 Å². The molecule has 0 heterocycles. The predicted octanol–water partition coefficient (Wildman–Crippen LogP) is 4.05. The van der Waals surface area contributed by atoms with Crippen molar-refractivity contribution in [3.63, 3.8) is 0 Å². The van der Waals surface area contributed by atoms with Gasteiger partial charge in [0.15, 0.2) is 0 Å². The number of phenols is 1. The van der Waals surface area contributed by atoms with Gasteiger partial charge in [-0.25, -0.2) is 0 Å². The molecular weight excluding hydrogens is 364 g/mol. The molecule has 1 aliphatic rings. The number of phenolic OH excluding ortho intramolecular Hbond substituents is 1. The van der Waals surface area contributed by atoms with Crippen LogP contribution in [0.15, 0.2) is 65.8 Å². The predicted molar refractivity (Wildman–Crippen MR) is 103 cm³/mol. The van der Waals surface area contributed by atoms with Crippen LogP contribution in [-0.4, -0.2) is 20.7 Å². The maximum atomic E-state index is 11.3. The summed E-state index contributed by atoms with van der Waals surface area (Å²) in [6.45, 7) is 0. The number of nitrogens with zero attached hydrogens (tertiary/aromatic N) is 3. The average molecular weight is 376 g/mol. The first-order valence-corrected chi connectivity index (χ1v) is 8.15. The highest BCUT2D eigenvalue weighted by molar-refractivity contribution is 6.24. The number of nitro groups is 2. The standard InChI is InChI=1S/C19H12N4O5/c24-12-6-7-14-13-3-1-2-4-15(13)19(16(14)10-12)21-20-17-8-5-11(22(25)26)9-18(17)23(27)28/h1-10,20,24H/b21-19+. The summed E-state index contributed by atoms with van der Waals surface area (Å²) in [5, 5.41) is 36.3. The van der Waals surface area contributed by atoms with E-state index in [1.54, 1.807) is 18.2 Å². The molecule has 0 saturated heterocycles. The Balaban J connectivity index is 1.80. The number of nitro benzene ring substituents is 2. The van der Waals surface area contributed by atoms with Crippen molar-refractivity contribution in [3.05, 3.63) is 92.0 Å². The molecule has 4 rings (SSSR count). The SMILES string of the molecule is O=[N+]([O-])c1ccc(N/N=C2\c3ccccc3-c3ccc(O)cc32)c([N+](=O)[O-])c1. The first-order valence-electron chi connectivity index (χ1n) is 8.15. The van der Waals surface area contributed by atoms with Crippen LogP contribution in [0.25, 0.3) is 11.1 Å². The quantitative estimate of drug-likeness (QED) is 0.408. The van der Waals surface area contributed by atoms with E-state index in [0.29, 0.717) is 11.3 Å². The minimum atomic E-state index is -0.710. The lowest BCUT2D eigenvalue weighted by Gasteiger charge is -2.05. The van der Waals surface area contributed by atoms with Crippen LogP contribution in [-0.2, 0) is 0 Å². The van der Waals surface area contributed by atoms with E-state index in [1.807, 2.05) is 24.3 Å². The first-order chi connectivity index (χ1) is 13.5. The molecule has 0 spiro atoms. The molecule has 9 heteroatoms. The van der Waals surface area contributed by atoms with Gasteiger partial charge >= 0.3 is 5.69 Å². The van der Waals surface area contributed by atoms with E-state index in [-0.39, 0.29) is 17.1 Å². The molecule has 28 heavy (non-hydrogen) atoms. The zero-order valence-electron chi connectivity index (χ0n) is 14.2. The second-order valence-corrected chi connectivity index (χ2v) is 6.06. The van der Waals surface area contributed by atoms with Crippen molar-refractivity contribution in [2.75, 3.05) is 5.43 Å². The molecule has 2 N–H and O–H groups in total. The summed E-state index contributed by atoms with van der Waals surface area (Å²) in [6, 6.07) is 15.7. The van der Waals surface area contributed by atoms with E-state index < -0.39 is 15.5 Å². The molecule has 0 amide bonds. The van der Waals surface area contributed by atoms with Crippen LogP contribution in [0.2, 0.25) is 0 Å². The van der Waals surface area contributed by atoms with Gasteiger partial charge in [0.2, 0.25) is 0 Å². The molecule has 0 fully saturated rings. The average Bonchev–Trinajstić information content (AvgIpc) is 2.98.